The predicted molar refractivity (Wildman–Crippen MR) is 80.7 cm³/mol. The first kappa shape index (κ1) is 14.4. The van der Waals surface area contributed by atoms with Crippen LogP contribution in [0.15, 0.2) is 50.4 Å². The second-order valence-corrected chi connectivity index (χ2v) is 11.6. The average Bonchev–Trinajstić information content (AvgIpc) is 2.77. The van der Waals surface area contributed by atoms with E-state index in [0.717, 1.165) is 12.2 Å². The van der Waals surface area contributed by atoms with Crippen LogP contribution in [0.5, 0.6) is 0 Å². The van der Waals surface area contributed by atoms with Crippen molar-refractivity contribution in [3.8, 4) is 0 Å². The van der Waals surface area contributed by atoms with E-state index < -0.39 is 8.07 Å². The van der Waals surface area contributed by atoms with E-state index >= 15 is 0 Å². The third-order valence-corrected chi connectivity index (χ3v) is 9.33. The third kappa shape index (κ3) is 2.77. The monoisotopic (exact) mass is 307 g/mol. The Bertz CT molecular complexity index is 503. The summed E-state index contributed by atoms with van der Waals surface area (Å²) < 4.78 is 1.57. The molecular weight excluding hydrogens is 288 g/mol. The fourth-order valence-corrected chi connectivity index (χ4v) is 8.86. The van der Waals surface area contributed by atoms with Crippen molar-refractivity contribution < 1.29 is 20.4 Å². The predicted octanol–water partition coefficient (Wildman–Crippen LogP) is 4.01. The Morgan fingerprint density at radius 1 is 1.28 bits per heavy atom. The van der Waals surface area contributed by atoms with E-state index in [4.69, 9.17) is 0 Å². The summed E-state index contributed by atoms with van der Waals surface area (Å²) in [7, 11) is -1.52. The summed E-state index contributed by atoms with van der Waals surface area (Å²) in [5.41, 5.74) is 0. The average molecular weight is 307 g/mol. The molecule has 0 heterocycles. The van der Waals surface area contributed by atoms with Crippen molar-refractivity contribution in [1.82, 2.24) is 0 Å². The molecule has 0 saturated heterocycles. The van der Waals surface area contributed by atoms with Crippen molar-refractivity contribution >= 4 is 25.0 Å². The quantitative estimate of drug-likeness (QED) is 0.598. The van der Waals surface area contributed by atoms with E-state index in [-0.39, 0.29) is 0 Å². The second kappa shape index (κ2) is 5.96. The normalized spacial score (nSPS) is 15.4. The Labute approximate surface area is 127 Å². The van der Waals surface area contributed by atoms with Gasteiger partial charge in [-0.2, -0.15) is 0 Å². The first-order valence-electron chi connectivity index (χ1n) is 6.41. The zero-order valence-corrected chi connectivity index (χ0v) is 14.7. The van der Waals surface area contributed by atoms with Crippen LogP contribution in [0.3, 0.4) is 0 Å². The van der Waals surface area contributed by atoms with E-state index in [2.05, 4.69) is 76.9 Å². The summed E-state index contributed by atoms with van der Waals surface area (Å²) >= 11 is 4.27. The minimum atomic E-state index is -1.52. The van der Waals surface area contributed by atoms with Crippen LogP contribution >= 0.6 is 11.8 Å². The van der Waals surface area contributed by atoms with Gasteiger partial charge < -0.3 is 0 Å². The van der Waals surface area contributed by atoms with Crippen LogP contribution in [0.1, 0.15) is 13.3 Å². The molecule has 0 atom stereocenters. The van der Waals surface area contributed by atoms with Crippen LogP contribution < -0.4 is 5.19 Å². The molecular formula is C15H19SSiTi. The molecule has 0 aliphatic heterocycles. The summed E-state index contributed by atoms with van der Waals surface area (Å²) in [6, 6.07) is 8.99. The minimum absolute atomic E-state index is 1.15. The van der Waals surface area contributed by atoms with Crippen molar-refractivity contribution in [3.63, 3.8) is 0 Å². The van der Waals surface area contributed by atoms with Gasteiger partial charge >= 0.3 is 128 Å². The van der Waals surface area contributed by atoms with Gasteiger partial charge in [0.1, 0.15) is 0 Å². The standard InChI is InChI=1S/C15H19SSi.Ti/c1-4-16-14-11-7-8-12-15(14)17(2,3)13-9-5-6-10-13;/h5,7-9,11-12H,4,6H2,1-3H3;. The third-order valence-electron chi connectivity index (χ3n) is 3.47. The summed E-state index contributed by atoms with van der Waals surface area (Å²) in [5, 5.41) is 3.23. The van der Waals surface area contributed by atoms with Gasteiger partial charge in [0.05, 0.1) is 0 Å². The fraction of sp³-hybridized carbons (Fsp3) is 0.333. The molecule has 0 nitrogen and oxygen atoms in total. The van der Waals surface area contributed by atoms with Crippen molar-refractivity contribution in [3.05, 3.63) is 45.5 Å². The Kier molecular flexibility index (Phi) is 4.76. The summed E-state index contributed by atoms with van der Waals surface area (Å²) in [4.78, 5) is 1.48. The van der Waals surface area contributed by atoms with Gasteiger partial charge in [-0.05, 0) is 0 Å². The molecule has 2 rings (SSSR count). The molecule has 18 heavy (non-hydrogen) atoms. The van der Waals surface area contributed by atoms with Crippen molar-refractivity contribution in [2.45, 2.75) is 31.3 Å². The van der Waals surface area contributed by atoms with Crippen LogP contribution in [-0.2, 0) is 20.4 Å². The molecule has 1 aliphatic carbocycles. The molecule has 0 amide bonds. The molecule has 0 unspecified atom stereocenters. The molecule has 93 valence electrons. The fourth-order valence-electron chi connectivity index (χ4n) is 2.50. The number of hydrogen-bond donors (Lipinski definition) is 0. The maximum absolute atomic E-state index is 2.48. The summed E-state index contributed by atoms with van der Waals surface area (Å²) in [5.74, 6) is 1.15. The van der Waals surface area contributed by atoms with Crippen LogP contribution in [0.4, 0.5) is 0 Å². The van der Waals surface area contributed by atoms with Crippen molar-refractivity contribution in [1.29, 1.82) is 0 Å². The Morgan fingerprint density at radius 2 is 2.00 bits per heavy atom. The molecule has 0 N–H and O–H groups in total. The van der Waals surface area contributed by atoms with Gasteiger partial charge in [-0.15, -0.1) is 0 Å². The molecule has 0 aromatic heterocycles. The SMILES string of the molecule is CCSc1ccccc1[Si](C)(C)C1=[C]([Ti])CC=C1. The molecule has 1 aliphatic rings. The van der Waals surface area contributed by atoms with E-state index in [1.165, 1.54) is 4.90 Å². The van der Waals surface area contributed by atoms with E-state index in [1.807, 2.05) is 11.8 Å². The van der Waals surface area contributed by atoms with Crippen molar-refractivity contribution in [2.24, 2.45) is 0 Å². The Morgan fingerprint density at radius 3 is 2.61 bits per heavy atom. The molecule has 0 spiro atoms. The molecule has 1 aromatic rings. The van der Waals surface area contributed by atoms with E-state index in [9.17, 15) is 0 Å². The van der Waals surface area contributed by atoms with Crippen LogP contribution in [-0.4, -0.2) is 13.8 Å². The van der Waals surface area contributed by atoms with Gasteiger partial charge in [0.2, 0.25) is 0 Å². The number of benzene rings is 1. The number of rotatable bonds is 4. The maximum atomic E-state index is 2.48. The van der Waals surface area contributed by atoms with Gasteiger partial charge in [0.25, 0.3) is 0 Å². The van der Waals surface area contributed by atoms with Gasteiger partial charge in [-0.25, -0.2) is 0 Å². The number of allylic oxidation sites excluding steroid dienone is 4. The molecule has 0 bridgehead atoms. The van der Waals surface area contributed by atoms with Gasteiger partial charge in [0, 0.05) is 0 Å². The van der Waals surface area contributed by atoms with Gasteiger partial charge in [-0.3, -0.25) is 0 Å². The zero-order valence-electron chi connectivity index (χ0n) is 11.3. The number of hydrogen-bond acceptors (Lipinski definition) is 1. The molecule has 0 saturated carbocycles. The van der Waals surface area contributed by atoms with Gasteiger partial charge in [0.15, 0.2) is 0 Å². The number of thioether (sulfide) groups is 1. The molecule has 0 fully saturated rings. The summed E-state index contributed by atoms with van der Waals surface area (Å²) in [6.45, 7) is 7.20. The van der Waals surface area contributed by atoms with Gasteiger partial charge in [-0.1, -0.05) is 0 Å². The van der Waals surface area contributed by atoms with Crippen LogP contribution in [0.2, 0.25) is 13.1 Å². The van der Waals surface area contributed by atoms with Crippen LogP contribution in [0, 0.1) is 0 Å². The van der Waals surface area contributed by atoms with E-state index in [0.29, 0.717) is 0 Å². The zero-order chi connectivity index (χ0) is 13.2. The molecule has 3 heteroatoms. The Balaban J connectivity index is 2.47. The summed E-state index contributed by atoms with van der Waals surface area (Å²) in [6.07, 6.45) is 5.83. The van der Waals surface area contributed by atoms with E-state index in [1.54, 1.807) is 14.3 Å². The second-order valence-electron chi connectivity index (χ2n) is 5.05. The Hall–Kier alpha value is -0.0188. The first-order valence-corrected chi connectivity index (χ1v) is 11.2. The molecule has 1 aromatic carbocycles. The van der Waals surface area contributed by atoms with Crippen LogP contribution in [0.25, 0.3) is 0 Å². The topological polar surface area (TPSA) is 0 Å². The van der Waals surface area contributed by atoms with Crippen molar-refractivity contribution in [2.75, 3.05) is 5.75 Å². The first-order chi connectivity index (χ1) is 8.57. The molecule has 0 radical (unpaired) electrons.